The Labute approximate surface area is 143 Å². The van der Waals surface area contributed by atoms with Gasteiger partial charge in [0.05, 0.1) is 6.07 Å². The summed E-state index contributed by atoms with van der Waals surface area (Å²) < 4.78 is 16.7. The van der Waals surface area contributed by atoms with Crippen molar-refractivity contribution in [1.29, 1.82) is 5.26 Å². The van der Waals surface area contributed by atoms with E-state index >= 15 is 0 Å². The van der Waals surface area contributed by atoms with Crippen LogP contribution in [0.3, 0.4) is 0 Å². The van der Waals surface area contributed by atoms with Crippen LogP contribution in [-0.2, 0) is 14.2 Å². The zero-order valence-corrected chi connectivity index (χ0v) is 15.7. The molecule has 0 fully saturated rings. The maximum Gasteiger partial charge on any atom is 0.285 e. The Balaban J connectivity index is 4.34. The second kappa shape index (κ2) is 14.9. The molecule has 0 amide bonds. The highest BCUT2D eigenvalue weighted by Crippen LogP contribution is 2.33. The monoisotopic (exact) mass is 327 g/mol. The first-order valence-corrected chi connectivity index (χ1v) is 9.23. The SMILES string of the molecule is CCCCCCCCC(CCCCCC#N)C(OC)(OC)OC. The highest BCUT2D eigenvalue weighted by atomic mass is 16.9. The molecular formula is C19H37NO3. The Kier molecular flexibility index (Phi) is 14.5. The minimum atomic E-state index is -0.932. The van der Waals surface area contributed by atoms with E-state index < -0.39 is 5.97 Å². The molecule has 23 heavy (non-hydrogen) atoms. The topological polar surface area (TPSA) is 51.5 Å². The van der Waals surface area contributed by atoms with Crippen molar-refractivity contribution < 1.29 is 14.2 Å². The normalized spacial score (nSPS) is 13.0. The van der Waals surface area contributed by atoms with Crippen LogP contribution in [0.4, 0.5) is 0 Å². The second-order valence-corrected chi connectivity index (χ2v) is 6.23. The maximum atomic E-state index is 8.61. The van der Waals surface area contributed by atoms with E-state index in [-0.39, 0.29) is 5.92 Å². The molecule has 0 saturated carbocycles. The third-order valence-electron chi connectivity index (χ3n) is 4.60. The van der Waals surface area contributed by atoms with E-state index in [1.165, 1.54) is 38.5 Å². The van der Waals surface area contributed by atoms with E-state index in [1.807, 2.05) is 0 Å². The van der Waals surface area contributed by atoms with Gasteiger partial charge in [-0.15, -0.1) is 0 Å². The summed E-state index contributed by atoms with van der Waals surface area (Å²) in [5.41, 5.74) is 0. The van der Waals surface area contributed by atoms with Crippen molar-refractivity contribution >= 4 is 0 Å². The molecule has 0 aliphatic heterocycles. The van der Waals surface area contributed by atoms with Crippen molar-refractivity contribution in [2.24, 2.45) is 5.92 Å². The molecule has 136 valence electrons. The van der Waals surface area contributed by atoms with Gasteiger partial charge in [-0.3, -0.25) is 0 Å². The summed E-state index contributed by atoms with van der Waals surface area (Å²) in [7, 11) is 4.95. The van der Waals surface area contributed by atoms with Gasteiger partial charge >= 0.3 is 0 Å². The van der Waals surface area contributed by atoms with E-state index in [0.29, 0.717) is 6.42 Å². The zero-order valence-electron chi connectivity index (χ0n) is 15.7. The van der Waals surface area contributed by atoms with Crippen LogP contribution in [0.25, 0.3) is 0 Å². The smallest absolute Gasteiger partial charge is 0.285 e. The number of ether oxygens (including phenoxy) is 3. The van der Waals surface area contributed by atoms with Gasteiger partial charge in [-0.2, -0.15) is 5.26 Å². The van der Waals surface area contributed by atoms with Gasteiger partial charge in [0.25, 0.3) is 5.97 Å². The van der Waals surface area contributed by atoms with Gasteiger partial charge in [-0.05, 0) is 19.3 Å². The van der Waals surface area contributed by atoms with Crippen LogP contribution in [0.2, 0.25) is 0 Å². The van der Waals surface area contributed by atoms with Crippen LogP contribution in [0.15, 0.2) is 0 Å². The third-order valence-corrected chi connectivity index (χ3v) is 4.60. The van der Waals surface area contributed by atoms with Gasteiger partial charge < -0.3 is 14.2 Å². The summed E-state index contributed by atoms with van der Waals surface area (Å²) >= 11 is 0. The fraction of sp³-hybridized carbons (Fsp3) is 0.947. The van der Waals surface area contributed by atoms with Gasteiger partial charge in [0, 0.05) is 33.7 Å². The van der Waals surface area contributed by atoms with E-state index in [0.717, 1.165) is 32.1 Å². The Morgan fingerprint density at radius 2 is 1.26 bits per heavy atom. The first-order valence-electron chi connectivity index (χ1n) is 9.23. The lowest BCUT2D eigenvalue weighted by Crippen LogP contribution is -2.44. The fourth-order valence-corrected chi connectivity index (χ4v) is 3.19. The summed E-state index contributed by atoms with van der Waals surface area (Å²) in [5, 5.41) is 8.61. The third kappa shape index (κ3) is 9.30. The molecule has 0 radical (unpaired) electrons. The number of unbranched alkanes of at least 4 members (excludes halogenated alkanes) is 8. The summed E-state index contributed by atoms with van der Waals surface area (Å²) in [4.78, 5) is 0. The van der Waals surface area contributed by atoms with E-state index in [1.54, 1.807) is 21.3 Å². The first kappa shape index (κ1) is 22.4. The number of hydrogen-bond donors (Lipinski definition) is 0. The number of nitriles is 1. The molecule has 4 nitrogen and oxygen atoms in total. The van der Waals surface area contributed by atoms with Crippen molar-refractivity contribution in [1.82, 2.24) is 0 Å². The highest BCUT2D eigenvalue weighted by molar-refractivity contribution is 4.73. The van der Waals surface area contributed by atoms with Crippen LogP contribution < -0.4 is 0 Å². The van der Waals surface area contributed by atoms with Crippen molar-refractivity contribution in [3.63, 3.8) is 0 Å². The molecule has 0 aromatic heterocycles. The molecule has 0 heterocycles. The van der Waals surface area contributed by atoms with Crippen molar-refractivity contribution in [2.45, 2.75) is 89.9 Å². The predicted octanol–water partition coefficient (Wildman–Crippen LogP) is 5.42. The lowest BCUT2D eigenvalue weighted by atomic mass is 9.92. The van der Waals surface area contributed by atoms with Crippen LogP contribution in [0, 0.1) is 17.2 Å². The second-order valence-electron chi connectivity index (χ2n) is 6.23. The molecule has 0 aliphatic carbocycles. The molecule has 0 saturated heterocycles. The lowest BCUT2D eigenvalue weighted by molar-refractivity contribution is -0.380. The van der Waals surface area contributed by atoms with Crippen LogP contribution >= 0.6 is 0 Å². The summed E-state index contributed by atoms with van der Waals surface area (Å²) in [6.07, 6.45) is 13.5. The molecule has 0 aromatic carbocycles. The summed E-state index contributed by atoms with van der Waals surface area (Å²) in [6.45, 7) is 2.24. The Morgan fingerprint density at radius 1 is 0.783 bits per heavy atom. The molecule has 0 rings (SSSR count). The molecule has 0 spiro atoms. The fourth-order valence-electron chi connectivity index (χ4n) is 3.19. The number of hydrogen-bond acceptors (Lipinski definition) is 4. The Morgan fingerprint density at radius 3 is 1.74 bits per heavy atom. The van der Waals surface area contributed by atoms with Gasteiger partial charge in [0.1, 0.15) is 0 Å². The van der Waals surface area contributed by atoms with Crippen molar-refractivity contribution in [3.05, 3.63) is 0 Å². The number of methoxy groups -OCH3 is 3. The van der Waals surface area contributed by atoms with E-state index in [4.69, 9.17) is 19.5 Å². The Bertz CT molecular complexity index is 289. The zero-order chi connectivity index (χ0) is 17.4. The molecule has 0 bridgehead atoms. The van der Waals surface area contributed by atoms with Crippen molar-refractivity contribution in [2.75, 3.05) is 21.3 Å². The van der Waals surface area contributed by atoms with Gasteiger partial charge in [0.15, 0.2) is 0 Å². The molecule has 4 heteroatoms. The van der Waals surface area contributed by atoms with E-state index in [9.17, 15) is 0 Å². The highest BCUT2D eigenvalue weighted by Gasteiger charge is 2.39. The maximum absolute atomic E-state index is 8.61. The summed E-state index contributed by atoms with van der Waals surface area (Å²) in [6, 6.07) is 2.20. The lowest BCUT2D eigenvalue weighted by Gasteiger charge is -2.36. The van der Waals surface area contributed by atoms with Crippen LogP contribution in [0.1, 0.15) is 84.0 Å². The number of rotatable bonds is 16. The quantitative estimate of drug-likeness (QED) is 0.280. The minimum absolute atomic E-state index is 0.232. The molecule has 0 aliphatic rings. The molecule has 0 aromatic rings. The van der Waals surface area contributed by atoms with Crippen LogP contribution in [0.5, 0.6) is 0 Å². The number of nitrogens with zero attached hydrogens (tertiary/aromatic N) is 1. The Hall–Kier alpha value is -0.630. The summed E-state index contributed by atoms with van der Waals surface area (Å²) in [5.74, 6) is -0.700. The van der Waals surface area contributed by atoms with E-state index in [2.05, 4.69) is 13.0 Å². The average Bonchev–Trinajstić information content (AvgIpc) is 2.58. The average molecular weight is 328 g/mol. The molecule has 0 N–H and O–H groups in total. The largest absolute Gasteiger partial charge is 0.331 e. The molecule has 1 unspecified atom stereocenters. The van der Waals surface area contributed by atoms with Crippen molar-refractivity contribution in [3.8, 4) is 6.07 Å². The minimum Gasteiger partial charge on any atom is -0.331 e. The van der Waals surface area contributed by atoms with Gasteiger partial charge in [0.2, 0.25) is 0 Å². The standard InChI is InChI=1S/C19H37NO3/c1-5-6-7-8-9-12-15-18(16-13-10-11-14-17-20)19(21-2,22-3)23-4/h18H,5-16H2,1-4H3. The first-order chi connectivity index (χ1) is 11.2. The van der Waals surface area contributed by atoms with Gasteiger partial charge in [-0.1, -0.05) is 58.3 Å². The van der Waals surface area contributed by atoms with Crippen LogP contribution in [-0.4, -0.2) is 27.3 Å². The molecule has 1 atom stereocenters. The molecular weight excluding hydrogens is 290 g/mol. The predicted molar refractivity (Wildman–Crippen MR) is 93.9 cm³/mol. The van der Waals surface area contributed by atoms with Gasteiger partial charge in [-0.25, -0.2) is 0 Å².